The number of carbonyl (C=O) groups is 3. The highest BCUT2D eigenvalue weighted by Gasteiger charge is 2.35. The minimum atomic E-state index is -0.521. The van der Waals surface area contributed by atoms with Gasteiger partial charge in [0.2, 0.25) is 5.91 Å². The van der Waals surface area contributed by atoms with Crippen LogP contribution in [0.4, 0.5) is 5.69 Å². The number of hydrogen-bond donors (Lipinski definition) is 1. The monoisotopic (exact) mass is 394 g/mol. The van der Waals surface area contributed by atoms with E-state index in [4.69, 9.17) is 4.74 Å². The van der Waals surface area contributed by atoms with Gasteiger partial charge in [-0.25, -0.2) is 0 Å². The van der Waals surface area contributed by atoms with Gasteiger partial charge in [-0.15, -0.1) is 0 Å². The Hall–Kier alpha value is -3.15. The van der Waals surface area contributed by atoms with Crippen molar-refractivity contribution in [1.29, 1.82) is 0 Å². The zero-order valence-electron chi connectivity index (χ0n) is 16.8. The van der Waals surface area contributed by atoms with Crippen molar-refractivity contribution in [2.45, 2.75) is 26.7 Å². The molecule has 6 nitrogen and oxygen atoms in total. The normalized spacial score (nSPS) is 16.0. The molecule has 0 aliphatic carbocycles. The Morgan fingerprint density at radius 1 is 1.10 bits per heavy atom. The highest BCUT2D eigenvalue weighted by molar-refractivity contribution is 5.93. The van der Waals surface area contributed by atoms with Gasteiger partial charge >= 0.3 is 5.97 Å². The van der Waals surface area contributed by atoms with Crippen LogP contribution in [0.15, 0.2) is 48.5 Å². The van der Waals surface area contributed by atoms with E-state index in [2.05, 4.69) is 5.32 Å². The third-order valence-corrected chi connectivity index (χ3v) is 5.20. The first-order chi connectivity index (χ1) is 13.9. The summed E-state index contributed by atoms with van der Waals surface area (Å²) in [5, 5.41) is 2.72. The van der Waals surface area contributed by atoms with Gasteiger partial charge in [-0.1, -0.05) is 36.4 Å². The number of benzene rings is 2. The van der Waals surface area contributed by atoms with Crippen LogP contribution in [0.5, 0.6) is 0 Å². The molecule has 152 valence electrons. The van der Waals surface area contributed by atoms with E-state index < -0.39 is 17.8 Å². The minimum absolute atomic E-state index is 0.0533. The predicted molar refractivity (Wildman–Crippen MR) is 110 cm³/mol. The number of hydrogen-bond acceptors (Lipinski definition) is 4. The Morgan fingerprint density at radius 2 is 1.86 bits per heavy atom. The molecule has 2 aromatic rings. The Balaban J connectivity index is 1.43. The third-order valence-electron chi connectivity index (χ3n) is 5.20. The van der Waals surface area contributed by atoms with Crippen molar-refractivity contribution in [3.63, 3.8) is 0 Å². The van der Waals surface area contributed by atoms with E-state index in [1.54, 1.807) is 4.90 Å². The van der Waals surface area contributed by atoms with Crippen LogP contribution in [0.25, 0.3) is 0 Å². The molecule has 2 aromatic carbocycles. The molecule has 1 aliphatic rings. The number of esters is 1. The fourth-order valence-electron chi connectivity index (χ4n) is 3.33. The van der Waals surface area contributed by atoms with Crippen molar-refractivity contribution >= 4 is 23.5 Å². The number of amides is 2. The Morgan fingerprint density at radius 3 is 2.59 bits per heavy atom. The molecule has 1 saturated heterocycles. The summed E-state index contributed by atoms with van der Waals surface area (Å²) in [6.07, 6.45) is 0.874. The maximum absolute atomic E-state index is 12.3. The van der Waals surface area contributed by atoms with E-state index in [0.29, 0.717) is 18.8 Å². The summed E-state index contributed by atoms with van der Waals surface area (Å²) in [4.78, 5) is 38.2. The number of rotatable bonds is 7. The molecule has 29 heavy (non-hydrogen) atoms. The van der Waals surface area contributed by atoms with Crippen molar-refractivity contribution in [3.8, 4) is 0 Å². The van der Waals surface area contributed by atoms with Gasteiger partial charge in [-0.3, -0.25) is 14.4 Å². The van der Waals surface area contributed by atoms with Crippen molar-refractivity contribution in [2.24, 2.45) is 5.92 Å². The summed E-state index contributed by atoms with van der Waals surface area (Å²) < 4.78 is 5.14. The van der Waals surface area contributed by atoms with Crippen LogP contribution in [0.1, 0.15) is 23.1 Å². The summed E-state index contributed by atoms with van der Waals surface area (Å²) in [5.74, 6) is -1.47. The molecule has 1 atom stereocenters. The lowest BCUT2D eigenvalue weighted by Gasteiger charge is -2.16. The van der Waals surface area contributed by atoms with Crippen molar-refractivity contribution in [1.82, 2.24) is 4.90 Å². The number of aryl methyl sites for hydroxylation is 2. The quantitative estimate of drug-likeness (QED) is 0.733. The third kappa shape index (κ3) is 5.67. The molecule has 1 heterocycles. The fraction of sp³-hybridized carbons (Fsp3) is 0.348. The summed E-state index contributed by atoms with van der Waals surface area (Å²) in [6, 6.07) is 15.5. The zero-order chi connectivity index (χ0) is 20.8. The summed E-state index contributed by atoms with van der Waals surface area (Å²) in [6.45, 7) is 4.50. The molecule has 1 fully saturated rings. The van der Waals surface area contributed by atoms with E-state index in [1.165, 1.54) is 0 Å². The minimum Gasteiger partial charge on any atom is -0.455 e. The molecular formula is C23H26N2O4. The van der Waals surface area contributed by atoms with Crippen molar-refractivity contribution in [2.75, 3.05) is 25.0 Å². The first-order valence-corrected chi connectivity index (χ1v) is 9.78. The maximum Gasteiger partial charge on any atom is 0.311 e. The topological polar surface area (TPSA) is 75.7 Å². The molecule has 2 amide bonds. The number of carbonyl (C=O) groups excluding carboxylic acids is 3. The van der Waals surface area contributed by atoms with Crippen LogP contribution >= 0.6 is 0 Å². The first-order valence-electron chi connectivity index (χ1n) is 9.78. The maximum atomic E-state index is 12.3. The molecule has 1 aliphatic heterocycles. The Bertz CT molecular complexity index is 895. The second-order valence-electron chi connectivity index (χ2n) is 7.43. The molecule has 6 heteroatoms. The van der Waals surface area contributed by atoms with Gasteiger partial charge < -0.3 is 15.0 Å². The largest absolute Gasteiger partial charge is 0.455 e. The molecule has 0 saturated carbocycles. The molecule has 0 unspecified atom stereocenters. The number of anilines is 1. The van der Waals surface area contributed by atoms with E-state index >= 15 is 0 Å². The van der Waals surface area contributed by atoms with Crippen molar-refractivity contribution < 1.29 is 19.1 Å². The summed E-state index contributed by atoms with van der Waals surface area (Å²) >= 11 is 0. The lowest BCUT2D eigenvalue weighted by atomic mass is 10.1. The predicted octanol–water partition coefficient (Wildman–Crippen LogP) is 2.88. The van der Waals surface area contributed by atoms with Gasteiger partial charge in [0.05, 0.1) is 5.92 Å². The van der Waals surface area contributed by atoms with Crippen LogP contribution in [0.2, 0.25) is 0 Å². The lowest BCUT2D eigenvalue weighted by Crippen LogP contribution is -2.29. The number of likely N-dealkylation sites (tertiary alicyclic amines) is 1. The van der Waals surface area contributed by atoms with Gasteiger partial charge in [0.1, 0.15) is 0 Å². The standard InChI is InChI=1S/C23H26N2O4/c1-16-8-9-20(12-17(16)2)24-21(26)15-29-23(28)19-13-22(27)25(14-19)11-10-18-6-4-3-5-7-18/h3-9,12,19H,10-11,13-15H2,1-2H3,(H,24,26)/t19-/m0/s1. The molecule has 0 aromatic heterocycles. The molecule has 0 spiro atoms. The number of nitrogens with one attached hydrogen (secondary N) is 1. The van der Waals surface area contributed by atoms with Gasteiger partial charge in [0.25, 0.3) is 5.91 Å². The van der Waals surface area contributed by atoms with E-state index in [0.717, 1.165) is 23.1 Å². The van der Waals surface area contributed by atoms with E-state index in [1.807, 2.05) is 62.4 Å². The van der Waals surface area contributed by atoms with Crippen LogP contribution in [-0.2, 0) is 25.5 Å². The van der Waals surface area contributed by atoms with Crippen molar-refractivity contribution in [3.05, 3.63) is 65.2 Å². The van der Waals surface area contributed by atoms with E-state index in [9.17, 15) is 14.4 Å². The Kier molecular flexibility index (Phi) is 6.65. The Labute approximate surface area is 170 Å². The van der Waals surface area contributed by atoms with Gasteiger partial charge in [0.15, 0.2) is 6.61 Å². The van der Waals surface area contributed by atoms with Gasteiger partial charge in [-0.05, 0) is 49.1 Å². The molecule has 3 rings (SSSR count). The molecule has 0 bridgehead atoms. The van der Waals surface area contributed by atoms with Crippen LogP contribution in [0.3, 0.4) is 0 Å². The fourth-order valence-corrected chi connectivity index (χ4v) is 3.33. The smallest absolute Gasteiger partial charge is 0.311 e. The van der Waals surface area contributed by atoms with Crippen LogP contribution in [-0.4, -0.2) is 42.4 Å². The highest BCUT2D eigenvalue weighted by Crippen LogP contribution is 2.20. The highest BCUT2D eigenvalue weighted by atomic mass is 16.5. The molecular weight excluding hydrogens is 368 g/mol. The molecule has 0 radical (unpaired) electrons. The zero-order valence-corrected chi connectivity index (χ0v) is 16.8. The SMILES string of the molecule is Cc1ccc(NC(=O)COC(=O)[C@H]2CC(=O)N(CCc3ccccc3)C2)cc1C. The van der Waals surface area contributed by atoms with Crippen LogP contribution in [0, 0.1) is 19.8 Å². The van der Waals surface area contributed by atoms with Crippen LogP contribution < -0.4 is 5.32 Å². The van der Waals surface area contributed by atoms with Gasteiger partial charge in [-0.2, -0.15) is 0 Å². The summed E-state index contributed by atoms with van der Waals surface area (Å²) in [7, 11) is 0. The second-order valence-corrected chi connectivity index (χ2v) is 7.43. The second kappa shape index (κ2) is 9.37. The average Bonchev–Trinajstić information content (AvgIpc) is 3.09. The lowest BCUT2D eigenvalue weighted by molar-refractivity contribution is -0.151. The van der Waals surface area contributed by atoms with E-state index in [-0.39, 0.29) is 18.9 Å². The number of ether oxygens (including phenoxy) is 1. The first kappa shape index (κ1) is 20.6. The summed E-state index contributed by atoms with van der Waals surface area (Å²) in [5.41, 5.74) is 4.02. The van der Waals surface area contributed by atoms with Gasteiger partial charge in [0, 0.05) is 25.2 Å². The number of nitrogens with zero attached hydrogens (tertiary/aromatic N) is 1. The average molecular weight is 394 g/mol. The molecule has 1 N–H and O–H groups in total.